The van der Waals surface area contributed by atoms with Crippen molar-refractivity contribution in [2.75, 3.05) is 11.9 Å². The molecule has 3 aromatic rings. The van der Waals surface area contributed by atoms with Gasteiger partial charge in [0.05, 0.1) is 18.1 Å². The average Bonchev–Trinajstić information content (AvgIpc) is 3.26. The van der Waals surface area contributed by atoms with Gasteiger partial charge in [-0.25, -0.2) is 4.79 Å². The minimum atomic E-state index is -1.40. The van der Waals surface area contributed by atoms with Crippen LogP contribution in [0, 0.1) is 11.3 Å². The first-order valence-corrected chi connectivity index (χ1v) is 12.5. The molecule has 0 radical (unpaired) electrons. The molecule has 8 heteroatoms. The number of benzene rings is 3. The Morgan fingerprint density at radius 1 is 0.947 bits per heavy atom. The van der Waals surface area contributed by atoms with Gasteiger partial charge in [0.2, 0.25) is 0 Å². The Kier molecular flexibility index (Phi) is 5.29. The van der Waals surface area contributed by atoms with Crippen LogP contribution in [0.15, 0.2) is 72.8 Å². The zero-order valence-electron chi connectivity index (χ0n) is 20.9. The van der Waals surface area contributed by atoms with Gasteiger partial charge in [0.15, 0.2) is 17.4 Å². The van der Waals surface area contributed by atoms with Crippen LogP contribution in [-0.2, 0) is 19.1 Å². The van der Waals surface area contributed by atoms with E-state index in [2.05, 4.69) is 34.9 Å². The summed E-state index contributed by atoms with van der Waals surface area (Å²) >= 11 is 0. The Hall–Kier alpha value is -4.30. The summed E-state index contributed by atoms with van der Waals surface area (Å²) in [5, 5.41) is 14.3. The Labute approximate surface area is 219 Å². The summed E-state index contributed by atoms with van der Waals surface area (Å²) in [6, 6.07) is 20.5. The van der Waals surface area contributed by atoms with E-state index in [1.165, 1.54) is 24.3 Å². The van der Waals surface area contributed by atoms with E-state index in [1.54, 1.807) is 0 Å². The number of amides is 2. The standard InChI is InChI=1S/C30H26N2O6/c1-29(2)25-24(33)23(26(34)31-17-9-7-8-16(14-17)27(35)36)32-28(37)30(25,29)38-15-22-20-12-5-3-10-18(20)19-11-4-6-13-21(19)22/h3-14,22-23,25H,15H2,1-2H3,(H,31,34)(H,32,37)(H,35,36). The van der Waals surface area contributed by atoms with Crippen LogP contribution < -0.4 is 10.6 Å². The molecule has 0 aromatic heterocycles. The molecule has 6 rings (SSSR count). The van der Waals surface area contributed by atoms with Crippen molar-refractivity contribution in [2.24, 2.45) is 11.3 Å². The molecule has 192 valence electrons. The number of hydrogen-bond acceptors (Lipinski definition) is 5. The number of piperidine rings is 1. The number of carbonyl (C=O) groups is 4. The number of anilines is 1. The van der Waals surface area contributed by atoms with Crippen LogP contribution in [0.1, 0.15) is 41.3 Å². The van der Waals surface area contributed by atoms with Gasteiger partial charge in [-0.2, -0.15) is 0 Å². The van der Waals surface area contributed by atoms with Gasteiger partial charge in [-0.05, 0) is 40.5 Å². The first-order chi connectivity index (χ1) is 18.2. The van der Waals surface area contributed by atoms with Crippen molar-refractivity contribution >= 4 is 29.3 Å². The van der Waals surface area contributed by atoms with Gasteiger partial charge in [0.1, 0.15) is 0 Å². The molecule has 38 heavy (non-hydrogen) atoms. The molecule has 2 amide bonds. The monoisotopic (exact) mass is 510 g/mol. The molecular formula is C30H26N2O6. The molecule has 3 unspecified atom stereocenters. The summed E-state index contributed by atoms with van der Waals surface area (Å²) in [6.07, 6.45) is 0. The second kappa shape index (κ2) is 8.36. The molecule has 1 heterocycles. The highest BCUT2D eigenvalue weighted by Gasteiger charge is 2.82. The van der Waals surface area contributed by atoms with Crippen molar-refractivity contribution in [3.05, 3.63) is 89.5 Å². The van der Waals surface area contributed by atoms with Crippen LogP contribution in [0.25, 0.3) is 11.1 Å². The van der Waals surface area contributed by atoms with Crippen molar-refractivity contribution in [3.63, 3.8) is 0 Å². The molecular weight excluding hydrogens is 484 g/mol. The molecule has 3 atom stereocenters. The van der Waals surface area contributed by atoms with Crippen molar-refractivity contribution in [1.29, 1.82) is 0 Å². The van der Waals surface area contributed by atoms with Gasteiger partial charge >= 0.3 is 5.97 Å². The lowest BCUT2D eigenvalue weighted by molar-refractivity contribution is -0.150. The van der Waals surface area contributed by atoms with E-state index in [-0.39, 0.29) is 23.8 Å². The quantitative estimate of drug-likeness (QED) is 0.436. The number of carbonyl (C=O) groups excluding carboxylic acids is 3. The summed E-state index contributed by atoms with van der Waals surface area (Å²) in [7, 11) is 0. The lowest BCUT2D eigenvalue weighted by Crippen LogP contribution is -2.59. The van der Waals surface area contributed by atoms with E-state index in [0.717, 1.165) is 22.3 Å². The zero-order chi connectivity index (χ0) is 26.8. The minimum Gasteiger partial charge on any atom is -0.478 e. The van der Waals surface area contributed by atoms with Gasteiger partial charge in [0, 0.05) is 17.0 Å². The van der Waals surface area contributed by atoms with Crippen LogP contribution in [0.5, 0.6) is 0 Å². The van der Waals surface area contributed by atoms with Crippen molar-refractivity contribution in [1.82, 2.24) is 5.32 Å². The van der Waals surface area contributed by atoms with E-state index in [4.69, 9.17) is 4.74 Å². The van der Waals surface area contributed by atoms with Gasteiger partial charge in [0.25, 0.3) is 11.8 Å². The molecule has 2 aliphatic carbocycles. The third-order valence-electron chi connectivity index (χ3n) is 8.26. The van der Waals surface area contributed by atoms with E-state index >= 15 is 0 Å². The Balaban J connectivity index is 1.22. The fraction of sp³-hybridized carbons (Fsp3) is 0.267. The normalized spacial score (nSPS) is 24.6. The molecule has 0 bridgehead atoms. The first-order valence-electron chi connectivity index (χ1n) is 12.5. The Morgan fingerprint density at radius 3 is 2.21 bits per heavy atom. The summed E-state index contributed by atoms with van der Waals surface area (Å²) in [6.45, 7) is 3.83. The molecule has 0 spiro atoms. The maximum Gasteiger partial charge on any atom is 0.335 e. The van der Waals surface area contributed by atoms with Crippen LogP contribution in [-0.4, -0.2) is 46.9 Å². The predicted octanol–water partition coefficient (Wildman–Crippen LogP) is 3.61. The fourth-order valence-corrected chi connectivity index (χ4v) is 6.31. The van der Waals surface area contributed by atoms with E-state index in [9.17, 15) is 24.3 Å². The molecule has 2 fully saturated rings. The van der Waals surface area contributed by atoms with E-state index < -0.39 is 46.5 Å². The molecule has 8 nitrogen and oxygen atoms in total. The van der Waals surface area contributed by atoms with E-state index in [1.807, 2.05) is 38.1 Å². The van der Waals surface area contributed by atoms with Crippen LogP contribution in [0.3, 0.4) is 0 Å². The van der Waals surface area contributed by atoms with Crippen LogP contribution in [0.4, 0.5) is 5.69 Å². The number of aromatic carboxylic acids is 1. The molecule has 1 aliphatic heterocycles. The first kappa shape index (κ1) is 24.1. The topological polar surface area (TPSA) is 122 Å². The largest absolute Gasteiger partial charge is 0.478 e. The number of fused-ring (bicyclic) bond motifs is 4. The highest BCUT2D eigenvalue weighted by molar-refractivity contribution is 6.20. The predicted molar refractivity (Wildman–Crippen MR) is 139 cm³/mol. The number of Topliss-reactive ketones (excluding diaryl/α,β-unsaturated/α-hetero) is 1. The second-order valence-electron chi connectivity index (χ2n) is 10.6. The molecule has 3 N–H and O–H groups in total. The summed E-state index contributed by atoms with van der Waals surface area (Å²) in [5.74, 6) is -3.64. The highest BCUT2D eigenvalue weighted by atomic mass is 16.5. The van der Waals surface area contributed by atoms with Crippen molar-refractivity contribution < 1.29 is 29.0 Å². The molecule has 3 aromatic carbocycles. The van der Waals surface area contributed by atoms with Gasteiger partial charge in [-0.15, -0.1) is 0 Å². The summed E-state index contributed by atoms with van der Waals surface area (Å²) in [5.41, 5.74) is 2.54. The Morgan fingerprint density at radius 2 is 1.58 bits per heavy atom. The molecule has 1 saturated carbocycles. The summed E-state index contributed by atoms with van der Waals surface area (Å²) < 4.78 is 6.40. The third-order valence-corrected chi connectivity index (χ3v) is 8.26. The number of rotatable bonds is 6. The van der Waals surface area contributed by atoms with Crippen LogP contribution in [0.2, 0.25) is 0 Å². The SMILES string of the molecule is CC1(C)C2C(=O)C(C(=O)Nc3cccc(C(=O)O)c3)NC(=O)C21OCC1c2ccccc2-c2ccccc21. The van der Waals surface area contributed by atoms with Crippen LogP contribution >= 0.6 is 0 Å². The Bertz CT molecular complexity index is 1480. The summed E-state index contributed by atoms with van der Waals surface area (Å²) in [4.78, 5) is 51.2. The second-order valence-corrected chi connectivity index (χ2v) is 10.6. The van der Waals surface area contributed by atoms with Crippen molar-refractivity contribution in [3.8, 4) is 11.1 Å². The van der Waals surface area contributed by atoms with E-state index in [0.29, 0.717) is 0 Å². The maximum absolute atomic E-state index is 13.5. The number of nitrogens with one attached hydrogen (secondary N) is 2. The number of ketones is 1. The smallest absolute Gasteiger partial charge is 0.335 e. The zero-order valence-corrected chi connectivity index (χ0v) is 20.9. The van der Waals surface area contributed by atoms with Gasteiger partial charge in [-0.1, -0.05) is 68.4 Å². The number of carboxylic acid groups (broad SMARTS) is 1. The highest BCUT2D eigenvalue weighted by Crippen LogP contribution is 2.66. The third kappa shape index (κ3) is 3.33. The minimum absolute atomic E-state index is 0.00684. The van der Waals surface area contributed by atoms with Gasteiger partial charge < -0.3 is 20.5 Å². The number of hydrogen-bond donors (Lipinski definition) is 3. The number of ether oxygens (including phenoxy) is 1. The maximum atomic E-state index is 13.5. The number of carboxylic acids is 1. The lowest BCUT2D eigenvalue weighted by Gasteiger charge is -2.29. The molecule has 1 saturated heterocycles. The average molecular weight is 511 g/mol. The van der Waals surface area contributed by atoms with Crippen molar-refractivity contribution in [2.45, 2.75) is 31.4 Å². The van der Waals surface area contributed by atoms with Gasteiger partial charge in [-0.3, -0.25) is 14.4 Å². The molecule has 3 aliphatic rings. The fourth-order valence-electron chi connectivity index (χ4n) is 6.31. The lowest BCUT2D eigenvalue weighted by atomic mass is 9.97.